The van der Waals surface area contributed by atoms with Crippen molar-refractivity contribution in [2.45, 2.75) is 39.2 Å². The van der Waals surface area contributed by atoms with Crippen LogP contribution in [-0.2, 0) is 17.8 Å². The summed E-state index contributed by atoms with van der Waals surface area (Å²) in [5.74, 6) is 0.650. The zero-order valence-corrected chi connectivity index (χ0v) is 12.3. The topological polar surface area (TPSA) is 9.23 Å². The van der Waals surface area contributed by atoms with Gasteiger partial charge < -0.3 is 4.74 Å². The molecule has 0 radical (unpaired) electrons. The summed E-state index contributed by atoms with van der Waals surface area (Å²) < 4.78 is 5.16. The van der Waals surface area contributed by atoms with Crippen LogP contribution in [0.4, 0.5) is 0 Å². The number of rotatable bonds is 9. The third-order valence-electron chi connectivity index (χ3n) is 3.30. The quantitative estimate of drug-likeness (QED) is 0.571. The Hall–Kier alpha value is -1.34. The SMILES string of the molecule is C=CCC(/C=C/CCc1cccc(COC)c1)CC. The average Bonchev–Trinajstić information content (AvgIpc) is 2.43. The summed E-state index contributed by atoms with van der Waals surface area (Å²) in [6.45, 7) is 6.73. The van der Waals surface area contributed by atoms with Crippen molar-refractivity contribution in [2.24, 2.45) is 5.92 Å². The van der Waals surface area contributed by atoms with Crippen LogP contribution in [0.3, 0.4) is 0 Å². The first-order valence-corrected chi connectivity index (χ1v) is 7.14. The lowest BCUT2D eigenvalue weighted by molar-refractivity contribution is 0.185. The van der Waals surface area contributed by atoms with Crippen LogP contribution in [0, 0.1) is 5.92 Å². The van der Waals surface area contributed by atoms with Crippen molar-refractivity contribution in [2.75, 3.05) is 7.11 Å². The Kier molecular flexibility index (Phi) is 7.92. The number of ether oxygens (including phenoxy) is 1. The molecule has 1 nitrogen and oxygen atoms in total. The molecule has 1 heteroatoms. The number of hydrogen-bond acceptors (Lipinski definition) is 1. The fourth-order valence-electron chi connectivity index (χ4n) is 2.18. The fourth-order valence-corrected chi connectivity index (χ4v) is 2.18. The number of methoxy groups -OCH3 is 1. The van der Waals surface area contributed by atoms with Gasteiger partial charge in [-0.15, -0.1) is 6.58 Å². The van der Waals surface area contributed by atoms with Gasteiger partial charge in [-0.25, -0.2) is 0 Å². The lowest BCUT2D eigenvalue weighted by atomic mass is 10.0. The molecule has 0 bridgehead atoms. The van der Waals surface area contributed by atoms with Gasteiger partial charge in [0.25, 0.3) is 0 Å². The number of benzene rings is 1. The first kappa shape index (κ1) is 15.7. The number of allylic oxidation sites excluding steroid dienone is 3. The van der Waals surface area contributed by atoms with Crippen LogP contribution in [0.1, 0.15) is 37.3 Å². The highest BCUT2D eigenvalue weighted by Gasteiger charge is 1.98. The molecule has 1 aromatic rings. The first-order valence-electron chi connectivity index (χ1n) is 7.14. The highest BCUT2D eigenvalue weighted by molar-refractivity contribution is 5.23. The Balaban J connectivity index is 2.41. The van der Waals surface area contributed by atoms with E-state index in [2.05, 4.69) is 49.9 Å². The molecule has 0 N–H and O–H groups in total. The van der Waals surface area contributed by atoms with Gasteiger partial charge in [-0.2, -0.15) is 0 Å². The van der Waals surface area contributed by atoms with Crippen LogP contribution in [0.2, 0.25) is 0 Å². The second-order valence-electron chi connectivity index (χ2n) is 4.91. The van der Waals surface area contributed by atoms with E-state index in [1.54, 1.807) is 7.11 Å². The Labute approximate surface area is 118 Å². The molecular weight excluding hydrogens is 232 g/mol. The molecule has 0 aliphatic rings. The molecule has 1 atom stereocenters. The predicted molar refractivity (Wildman–Crippen MR) is 83.2 cm³/mol. The normalized spacial score (nSPS) is 12.7. The van der Waals surface area contributed by atoms with E-state index in [1.165, 1.54) is 17.5 Å². The molecule has 1 rings (SSSR count). The van der Waals surface area contributed by atoms with Gasteiger partial charge in [0, 0.05) is 7.11 Å². The average molecular weight is 258 g/mol. The van der Waals surface area contributed by atoms with Crippen molar-refractivity contribution in [3.05, 3.63) is 60.2 Å². The Morgan fingerprint density at radius 3 is 2.79 bits per heavy atom. The van der Waals surface area contributed by atoms with E-state index in [0.717, 1.165) is 19.3 Å². The lowest BCUT2D eigenvalue weighted by Crippen LogP contribution is -1.92. The summed E-state index contributed by atoms with van der Waals surface area (Å²) in [6, 6.07) is 8.65. The summed E-state index contributed by atoms with van der Waals surface area (Å²) in [7, 11) is 1.74. The molecule has 0 heterocycles. The first-order chi connectivity index (χ1) is 9.30. The molecule has 0 aromatic heterocycles. The Bertz CT molecular complexity index is 392. The van der Waals surface area contributed by atoms with Crippen LogP contribution in [-0.4, -0.2) is 7.11 Å². The molecule has 1 unspecified atom stereocenters. The molecule has 0 saturated carbocycles. The summed E-state index contributed by atoms with van der Waals surface area (Å²) in [5, 5.41) is 0. The van der Waals surface area contributed by atoms with Crippen LogP contribution >= 0.6 is 0 Å². The Morgan fingerprint density at radius 1 is 1.32 bits per heavy atom. The third kappa shape index (κ3) is 6.40. The molecule has 0 amide bonds. The maximum absolute atomic E-state index is 5.16. The van der Waals surface area contributed by atoms with Crippen molar-refractivity contribution < 1.29 is 4.74 Å². The van der Waals surface area contributed by atoms with E-state index < -0.39 is 0 Å². The molecule has 0 fully saturated rings. The van der Waals surface area contributed by atoms with Crippen molar-refractivity contribution in [3.8, 4) is 0 Å². The van der Waals surface area contributed by atoms with Gasteiger partial charge in [0.1, 0.15) is 0 Å². The van der Waals surface area contributed by atoms with E-state index in [9.17, 15) is 0 Å². The monoisotopic (exact) mass is 258 g/mol. The number of aryl methyl sites for hydroxylation is 1. The fraction of sp³-hybridized carbons (Fsp3) is 0.444. The highest BCUT2D eigenvalue weighted by Crippen LogP contribution is 2.12. The number of hydrogen-bond donors (Lipinski definition) is 0. The van der Waals surface area contributed by atoms with E-state index in [1.807, 2.05) is 6.08 Å². The van der Waals surface area contributed by atoms with Crippen LogP contribution < -0.4 is 0 Å². The van der Waals surface area contributed by atoms with Gasteiger partial charge in [-0.1, -0.05) is 49.4 Å². The third-order valence-corrected chi connectivity index (χ3v) is 3.30. The minimum absolute atomic E-state index is 0.650. The second kappa shape index (κ2) is 9.57. The van der Waals surface area contributed by atoms with Gasteiger partial charge in [-0.05, 0) is 42.7 Å². The van der Waals surface area contributed by atoms with Crippen LogP contribution in [0.15, 0.2) is 49.1 Å². The van der Waals surface area contributed by atoms with Crippen molar-refractivity contribution in [1.82, 2.24) is 0 Å². The minimum atomic E-state index is 0.650. The molecule has 0 saturated heterocycles. The molecule has 0 spiro atoms. The zero-order chi connectivity index (χ0) is 13.9. The summed E-state index contributed by atoms with van der Waals surface area (Å²) in [4.78, 5) is 0. The van der Waals surface area contributed by atoms with E-state index in [-0.39, 0.29) is 0 Å². The molecule has 0 aliphatic carbocycles. The lowest BCUT2D eigenvalue weighted by Gasteiger charge is -2.06. The highest BCUT2D eigenvalue weighted by atomic mass is 16.5. The second-order valence-corrected chi connectivity index (χ2v) is 4.91. The molecule has 19 heavy (non-hydrogen) atoms. The molecule has 1 aromatic carbocycles. The van der Waals surface area contributed by atoms with Crippen molar-refractivity contribution in [3.63, 3.8) is 0 Å². The molecule has 0 aliphatic heterocycles. The predicted octanol–water partition coefficient (Wildman–Crippen LogP) is 4.92. The maximum Gasteiger partial charge on any atom is 0.0713 e. The zero-order valence-electron chi connectivity index (χ0n) is 12.3. The smallest absolute Gasteiger partial charge is 0.0713 e. The van der Waals surface area contributed by atoms with Gasteiger partial charge in [0.05, 0.1) is 6.61 Å². The largest absolute Gasteiger partial charge is 0.380 e. The Morgan fingerprint density at radius 2 is 2.11 bits per heavy atom. The molecule has 104 valence electrons. The standard InChI is InChI=1S/C18H26O/c1-4-9-16(5-2)10-6-7-11-17-12-8-13-18(14-17)15-19-3/h4,6,8,10,12-14,16H,1,5,7,9,11,15H2,2-3H3/b10-6+. The van der Waals surface area contributed by atoms with E-state index in [0.29, 0.717) is 12.5 Å². The van der Waals surface area contributed by atoms with Gasteiger partial charge in [0.15, 0.2) is 0 Å². The minimum Gasteiger partial charge on any atom is -0.380 e. The van der Waals surface area contributed by atoms with Crippen molar-refractivity contribution >= 4 is 0 Å². The molecular formula is C18H26O. The van der Waals surface area contributed by atoms with Gasteiger partial charge >= 0.3 is 0 Å². The maximum atomic E-state index is 5.16. The van der Waals surface area contributed by atoms with Gasteiger partial charge in [-0.3, -0.25) is 0 Å². The summed E-state index contributed by atoms with van der Waals surface area (Å²) >= 11 is 0. The van der Waals surface area contributed by atoms with Crippen molar-refractivity contribution in [1.29, 1.82) is 0 Å². The summed E-state index contributed by atoms with van der Waals surface area (Å²) in [6.07, 6.45) is 11.1. The van der Waals surface area contributed by atoms with E-state index in [4.69, 9.17) is 4.74 Å². The summed E-state index contributed by atoms with van der Waals surface area (Å²) in [5.41, 5.74) is 2.64. The van der Waals surface area contributed by atoms with Gasteiger partial charge in [0.2, 0.25) is 0 Å². The van der Waals surface area contributed by atoms with Crippen LogP contribution in [0.5, 0.6) is 0 Å². The van der Waals surface area contributed by atoms with E-state index >= 15 is 0 Å². The van der Waals surface area contributed by atoms with Crippen LogP contribution in [0.25, 0.3) is 0 Å².